The van der Waals surface area contributed by atoms with E-state index in [2.05, 4.69) is 26.0 Å². The van der Waals surface area contributed by atoms with E-state index in [-0.39, 0.29) is 5.56 Å². The number of hydrogen-bond donors (Lipinski definition) is 0. The van der Waals surface area contributed by atoms with Crippen LogP contribution in [0.3, 0.4) is 0 Å². The molecule has 2 aliphatic rings. The summed E-state index contributed by atoms with van der Waals surface area (Å²) in [5.74, 6) is -0.143. The average Bonchev–Trinajstić information content (AvgIpc) is 3.06. The first-order valence-electron chi connectivity index (χ1n) is 10.6. The highest BCUT2D eigenvalue weighted by Crippen LogP contribution is 2.47. The molecule has 5 rings (SSSR count). The molecule has 2 aromatic carbocycles. The number of aromatic nitrogens is 1. The topological polar surface area (TPSA) is 69.9 Å². The van der Waals surface area contributed by atoms with Gasteiger partial charge in [0.1, 0.15) is 11.7 Å². The Hall–Kier alpha value is -3.19. The molecule has 3 heterocycles. The minimum absolute atomic E-state index is 0.167. The largest absolute Gasteiger partial charge is 0.469 e. The van der Waals surface area contributed by atoms with Crippen LogP contribution in [0.2, 0.25) is 0 Å². The second-order valence-electron chi connectivity index (χ2n) is 8.64. The summed E-state index contributed by atoms with van der Waals surface area (Å²) >= 11 is 1.31. The van der Waals surface area contributed by atoms with Crippen molar-refractivity contribution in [2.24, 2.45) is 10.9 Å². The number of thiazole rings is 1. The Bertz CT molecular complexity index is 1390. The number of para-hydroxylation sites is 1. The maximum Gasteiger partial charge on any atom is 0.317 e. The van der Waals surface area contributed by atoms with Crippen LogP contribution in [0, 0.1) is 5.92 Å². The average molecular weight is 449 g/mol. The van der Waals surface area contributed by atoms with Crippen LogP contribution in [0.15, 0.2) is 58.3 Å². The molecule has 0 radical (unpaired) electrons. The van der Waals surface area contributed by atoms with Crippen molar-refractivity contribution in [2.45, 2.75) is 38.5 Å². The van der Waals surface area contributed by atoms with Gasteiger partial charge in [0, 0.05) is 5.56 Å². The summed E-state index contributed by atoms with van der Waals surface area (Å²) in [6, 6.07) is 15.1. The van der Waals surface area contributed by atoms with Gasteiger partial charge in [0.2, 0.25) is 5.72 Å². The van der Waals surface area contributed by atoms with E-state index in [1.54, 1.807) is 11.5 Å². The number of ether oxygens (including phenoxy) is 2. The molecule has 6 nitrogen and oxygen atoms in total. The summed E-state index contributed by atoms with van der Waals surface area (Å²) in [5, 5.41) is 0. The molecule has 0 aliphatic carbocycles. The Morgan fingerprint density at radius 2 is 1.94 bits per heavy atom. The van der Waals surface area contributed by atoms with Crippen LogP contribution in [0.5, 0.6) is 5.75 Å². The third kappa shape index (κ3) is 3.11. The fraction of sp³-hybridized carbons (Fsp3) is 0.320. The van der Waals surface area contributed by atoms with Gasteiger partial charge in [-0.05, 0) is 36.1 Å². The summed E-state index contributed by atoms with van der Waals surface area (Å²) in [4.78, 5) is 31.7. The number of fused-ring (bicyclic) bond motifs is 6. The van der Waals surface area contributed by atoms with Crippen LogP contribution in [0.1, 0.15) is 49.4 Å². The molecule has 0 saturated carbocycles. The number of carbonyl (C=O) groups is 1. The Balaban J connectivity index is 1.72. The number of rotatable bonds is 3. The maximum absolute atomic E-state index is 13.6. The van der Waals surface area contributed by atoms with Crippen LogP contribution >= 0.6 is 11.3 Å². The van der Waals surface area contributed by atoms with Crippen LogP contribution < -0.4 is 19.6 Å². The van der Waals surface area contributed by atoms with Gasteiger partial charge in [-0.3, -0.25) is 14.2 Å². The van der Waals surface area contributed by atoms with E-state index in [0.717, 1.165) is 11.1 Å². The molecule has 164 valence electrons. The van der Waals surface area contributed by atoms with E-state index in [0.29, 0.717) is 21.0 Å². The summed E-state index contributed by atoms with van der Waals surface area (Å²) in [7, 11) is 1.35. The minimum Gasteiger partial charge on any atom is -0.469 e. The van der Waals surface area contributed by atoms with Gasteiger partial charge >= 0.3 is 5.97 Å². The number of nitrogens with zero attached hydrogens (tertiary/aromatic N) is 2. The number of benzene rings is 2. The highest BCUT2D eigenvalue weighted by atomic mass is 32.1. The zero-order chi connectivity index (χ0) is 22.6. The fourth-order valence-electron chi connectivity index (χ4n) is 4.56. The molecule has 0 N–H and O–H groups in total. The van der Waals surface area contributed by atoms with Gasteiger partial charge in [0.25, 0.3) is 5.56 Å². The van der Waals surface area contributed by atoms with Crippen molar-refractivity contribution in [3.8, 4) is 5.75 Å². The van der Waals surface area contributed by atoms with Crippen molar-refractivity contribution in [2.75, 3.05) is 7.11 Å². The molecule has 3 atom stereocenters. The van der Waals surface area contributed by atoms with Crippen molar-refractivity contribution in [3.05, 3.63) is 84.9 Å². The Morgan fingerprint density at radius 3 is 2.62 bits per heavy atom. The first-order chi connectivity index (χ1) is 15.3. The monoisotopic (exact) mass is 448 g/mol. The lowest BCUT2D eigenvalue weighted by atomic mass is 9.81. The van der Waals surface area contributed by atoms with Crippen LogP contribution in [-0.4, -0.2) is 23.4 Å². The van der Waals surface area contributed by atoms with Gasteiger partial charge in [-0.1, -0.05) is 67.6 Å². The van der Waals surface area contributed by atoms with Crippen molar-refractivity contribution in [3.63, 3.8) is 0 Å². The second-order valence-corrected chi connectivity index (χ2v) is 9.65. The predicted molar refractivity (Wildman–Crippen MR) is 123 cm³/mol. The van der Waals surface area contributed by atoms with Gasteiger partial charge in [-0.15, -0.1) is 0 Å². The van der Waals surface area contributed by atoms with Crippen molar-refractivity contribution >= 4 is 23.4 Å². The lowest BCUT2D eigenvalue weighted by Gasteiger charge is -2.44. The molecule has 32 heavy (non-hydrogen) atoms. The fourth-order valence-corrected chi connectivity index (χ4v) is 5.66. The van der Waals surface area contributed by atoms with Gasteiger partial charge in [-0.2, -0.15) is 0 Å². The predicted octanol–water partition coefficient (Wildman–Crippen LogP) is 2.98. The highest BCUT2D eigenvalue weighted by molar-refractivity contribution is 7.07. The van der Waals surface area contributed by atoms with Gasteiger partial charge < -0.3 is 9.47 Å². The van der Waals surface area contributed by atoms with Crippen LogP contribution in [0.4, 0.5) is 0 Å². The highest BCUT2D eigenvalue weighted by Gasteiger charge is 2.55. The molecule has 0 amide bonds. The van der Waals surface area contributed by atoms with Gasteiger partial charge in [0.05, 0.1) is 17.7 Å². The van der Waals surface area contributed by atoms with E-state index in [1.807, 2.05) is 42.5 Å². The molecule has 2 bridgehead atoms. The first kappa shape index (κ1) is 20.7. The zero-order valence-electron chi connectivity index (χ0n) is 18.4. The molecular formula is C25H24N2O4S. The summed E-state index contributed by atoms with van der Waals surface area (Å²) < 4.78 is 13.5. The van der Waals surface area contributed by atoms with Crippen molar-refractivity contribution < 1.29 is 14.3 Å². The smallest absolute Gasteiger partial charge is 0.317 e. The summed E-state index contributed by atoms with van der Waals surface area (Å²) in [6.07, 6.45) is 1.88. The Labute approximate surface area is 189 Å². The summed E-state index contributed by atoms with van der Waals surface area (Å²) in [6.45, 7) is 6.07. The van der Waals surface area contributed by atoms with E-state index in [4.69, 9.17) is 14.5 Å². The third-order valence-electron chi connectivity index (χ3n) is 6.24. The molecule has 0 spiro atoms. The molecule has 0 saturated heterocycles. The Morgan fingerprint density at radius 1 is 1.22 bits per heavy atom. The third-order valence-corrected chi connectivity index (χ3v) is 7.22. The molecule has 3 aromatic rings. The number of esters is 1. The molecule has 0 unspecified atom stereocenters. The van der Waals surface area contributed by atoms with E-state index in [9.17, 15) is 9.59 Å². The van der Waals surface area contributed by atoms with Crippen molar-refractivity contribution in [1.82, 2.24) is 4.57 Å². The SMILES string of the molecule is COC(=O)[C@H]1[C@H]2c3ccccc3O[C@]1(C)N=c1s/c(=C/c3ccc(C(C)C)cc3)c(=O)n12. The van der Waals surface area contributed by atoms with Crippen LogP contribution in [0.25, 0.3) is 6.08 Å². The molecular weight excluding hydrogens is 424 g/mol. The molecule has 2 aliphatic heterocycles. The summed E-state index contributed by atoms with van der Waals surface area (Å²) in [5.41, 5.74) is 1.65. The minimum atomic E-state index is -1.15. The molecule has 7 heteroatoms. The van der Waals surface area contributed by atoms with Gasteiger partial charge in [-0.25, -0.2) is 4.99 Å². The standard InChI is InChI=1S/C25H24N2O4S/c1-14(2)16-11-9-15(10-12-16)13-19-22(28)27-21-17-7-5-6-8-18(17)31-25(3,26-24(27)32-19)20(21)23(29)30-4/h5-14,20-21H,1-4H3/b19-13+/t20-,21-,25+/m1/s1. The zero-order valence-corrected chi connectivity index (χ0v) is 19.2. The van der Waals surface area contributed by atoms with E-state index < -0.39 is 23.7 Å². The lowest BCUT2D eigenvalue weighted by molar-refractivity contribution is -0.158. The molecule has 0 fully saturated rings. The van der Waals surface area contributed by atoms with Crippen molar-refractivity contribution in [1.29, 1.82) is 0 Å². The first-order valence-corrected chi connectivity index (χ1v) is 11.4. The molecule has 1 aromatic heterocycles. The number of hydrogen-bond acceptors (Lipinski definition) is 6. The van der Waals surface area contributed by atoms with Gasteiger partial charge in [0.15, 0.2) is 4.80 Å². The van der Waals surface area contributed by atoms with E-state index in [1.165, 1.54) is 24.0 Å². The normalized spacial score (nSPS) is 23.7. The van der Waals surface area contributed by atoms with E-state index >= 15 is 0 Å². The number of carbonyl (C=O) groups excluding carboxylic acids is 1. The lowest BCUT2D eigenvalue weighted by Crippen LogP contribution is -2.58. The maximum atomic E-state index is 13.6. The number of methoxy groups -OCH3 is 1. The quantitative estimate of drug-likeness (QED) is 0.578. The Kier molecular flexibility index (Phi) is 4.82. The van der Waals surface area contributed by atoms with Crippen LogP contribution in [-0.2, 0) is 9.53 Å². The second kappa shape index (κ2) is 7.45.